The Labute approximate surface area is 203 Å². The molecule has 3 heterocycles. The van der Waals surface area contributed by atoms with Gasteiger partial charge in [-0.05, 0) is 42.0 Å². The van der Waals surface area contributed by atoms with Crippen LogP contribution in [0.3, 0.4) is 0 Å². The summed E-state index contributed by atoms with van der Waals surface area (Å²) in [6.07, 6.45) is -0.527. The molecule has 3 aromatic rings. The third kappa shape index (κ3) is 3.67. The molecule has 0 aliphatic carbocycles. The Bertz CT molecular complexity index is 1280. The first-order chi connectivity index (χ1) is 17.1. The maximum absolute atomic E-state index is 13.5. The molecule has 8 nitrogen and oxygen atoms in total. The van der Waals surface area contributed by atoms with Crippen LogP contribution in [-0.4, -0.2) is 64.9 Å². The number of rotatable bonds is 5. The van der Waals surface area contributed by atoms with E-state index in [1.54, 1.807) is 11.9 Å². The van der Waals surface area contributed by atoms with Crippen LogP contribution in [-0.2, 0) is 11.3 Å². The number of hydrogen-bond donors (Lipinski definition) is 0. The van der Waals surface area contributed by atoms with E-state index in [2.05, 4.69) is 4.90 Å². The zero-order valence-corrected chi connectivity index (χ0v) is 19.3. The molecule has 0 saturated carbocycles. The summed E-state index contributed by atoms with van der Waals surface area (Å²) in [7, 11) is 1.72. The van der Waals surface area contributed by atoms with Gasteiger partial charge in [0, 0.05) is 25.8 Å². The SMILES string of the molecule is CN1C(=O)N(Cc2ccccc2)C(=O)C2C1N=C1N(c3ccc(Oc4ccccc4)cc3)CCN12. The van der Waals surface area contributed by atoms with Gasteiger partial charge in [-0.1, -0.05) is 48.5 Å². The molecule has 0 aromatic heterocycles. The fraction of sp³-hybridized carbons (Fsp3) is 0.222. The number of guanidine groups is 1. The van der Waals surface area contributed by atoms with Crippen molar-refractivity contribution in [3.05, 3.63) is 90.5 Å². The number of benzene rings is 3. The first-order valence-corrected chi connectivity index (χ1v) is 11.7. The van der Waals surface area contributed by atoms with Crippen molar-refractivity contribution in [3.8, 4) is 11.5 Å². The summed E-state index contributed by atoms with van der Waals surface area (Å²) in [6.45, 7) is 1.63. The summed E-state index contributed by atoms with van der Waals surface area (Å²) in [4.78, 5) is 38.4. The highest BCUT2D eigenvalue weighted by molar-refractivity contribution is 6.08. The highest BCUT2D eigenvalue weighted by Crippen LogP contribution is 2.34. The van der Waals surface area contributed by atoms with Gasteiger partial charge in [-0.3, -0.25) is 9.69 Å². The molecule has 2 saturated heterocycles. The molecule has 2 atom stereocenters. The molecular formula is C27H25N5O3. The lowest BCUT2D eigenvalue weighted by atomic mass is 10.1. The van der Waals surface area contributed by atoms with Gasteiger partial charge < -0.3 is 19.4 Å². The topological polar surface area (TPSA) is 68.7 Å². The van der Waals surface area contributed by atoms with Crippen LogP contribution >= 0.6 is 0 Å². The highest BCUT2D eigenvalue weighted by atomic mass is 16.5. The summed E-state index contributed by atoms with van der Waals surface area (Å²) >= 11 is 0. The Morgan fingerprint density at radius 2 is 1.51 bits per heavy atom. The normalized spacial score (nSPS) is 21.2. The zero-order chi connectivity index (χ0) is 23.9. The fourth-order valence-corrected chi connectivity index (χ4v) is 4.91. The van der Waals surface area contributed by atoms with Gasteiger partial charge in [0.05, 0.1) is 6.54 Å². The van der Waals surface area contributed by atoms with Crippen LogP contribution in [0.1, 0.15) is 5.56 Å². The molecule has 0 spiro atoms. The number of nitrogens with zero attached hydrogens (tertiary/aromatic N) is 5. The number of para-hydroxylation sites is 1. The Balaban J connectivity index is 1.22. The monoisotopic (exact) mass is 467 g/mol. The lowest BCUT2D eigenvalue weighted by molar-refractivity contribution is -0.137. The lowest BCUT2D eigenvalue weighted by Gasteiger charge is -2.40. The van der Waals surface area contributed by atoms with Gasteiger partial charge in [0.1, 0.15) is 11.5 Å². The van der Waals surface area contributed by atoms with E-state index < -0.39 is 12.2 Å². The number of amides is 3. The van der Waals surface area contributed by atoms with E-state index >= 15 is 0 Å². The fourth-order valence-electron chi connectivity index (χ4n) is 4.91. The van der Waals surface area contributed by atoms with Crippen LogP contribution in [0.4, 0.5) is 10.5 Å². The number of urea groups is 1. The second-order valence-electron chi connectivity index (χ2n) is 8.85. The number of imide groups is 1. The van der Waals surface area contributed by atoms with E-state index in [1.807, 2.05) is 89.8 Å². The van der Waals surface area contributed by atoms with Crippen molar-refractivity contribution in [2.75, 3.05) is 25.0 Å². The van der Waals surface area contributed by atoms with Gasteiger partial charge in [-0.2, -0.15) is 0 Å². The van der Waals surface area contributed by atoms with Crippen LogP contribution in [0.5, 0.6) is 11.5 Å². The minimum Gasteiger partial charge on any atom is -0.457 e. The van der Waals surface area contributed by atoms with Gasteiger partial charge in [-0.25, -0.2) is 9.79 Å². The summed E-state index contributed by atoms with van der Waals surface area (Å²) in [5.74, 6) is 2.05. The molecule has 3 aromatic carbocycles. The number of fused-ring (bicyclic) bond motifs is 3. The molecule has 176 valence electrons. The lowest BCUT2D eigenvalue weighted by Crippen LogP contribution is -2.64. The molecule has 3 aliphatic heterocycles. The average molecular weight is 468 g/mol. The summed E-state index contributed by atoms with van der Waals surface area (Å²) < 4.78 is 5.91. The van der Waals surface area contributed by atoms with Crippen molar-refractivity contribution < 1.29 is 14.3 Å². The Morgan fingerprint density at radius 3 is 2.23 bits per heavy atom. The number of hydrogen-bond acceptors (Lipinski definition) is 6. The Morgan fingerprint density at radius 1 is 0.857 bits per heavy atom. The van der Waals surface area contributed by atoms with Crippen molar-refractivity contribution in [1.29, 1.82) is 0 Å². The molecule has 3 aliphatic rings. The number of likely N-dealkylation sites (N-methyl/N-ethyl adjacent to an activating group) is 1. The number of ether oxygens (including phenoxy) is 1. The predicted octanol–water partition coefficient (Wildman–Crippen LogP) is 3.76. The molecule has 2 fully saturated rings. The third-order valence-corrected chi connectivity index (χ3v) is 6.69. The molecule has 35 heavy (non-hydrogen) atoms. The molecule has 3 amide bonds. The smallest absolute Gasteiger partial charge is 0.328 e. The summed E-state index contributed by atoms with van der Waals surface area (Å²) in [5, 5.41) is 0. The number of carbonyl (C=O) groups is 2. The van der Waals surface area contributed by atoms with Crippen LogP contribution in [0.25, 0.3) is 0 Å². The molecule has 0 N–H and O–H groups in total. The van der Waals surface area contributed by atoms with Crippen LogP contribution in [0.15, 0.2) is 89.9 Å². The van der Waals surface area contributed by atoms with E-state index in [9.17, 15) is 9.59 Å². The molecule has 0 bridgehead atoms. The summed E-state index contributed by atoms with van der Waals surface area (Å²) in [5.41, 5.74) is 1.88. The highest BCUT2D eigenvalue weighted by Gasteiger charge is 2.54. The van der Waals surface area contributed by atoms with Gasteiger partial charge in [-0.15, -0.1) is 0 Å². The van der Waals surface area contributed by atoms with Gasteiger partial charge in [0.25, 0.3) is 5.91 Å². The Kier molecular flexibility index (Phi) is 5.13. The third-order valence-electron chi connectivity index (χ3n) is 6.69. The molecule has 2 unspecified atom stereocenters. The maximum Gasteiger partial charge on any atom is 0.328 e. The average Bonchev–Trinajstić information content (AvgIpc) is 3.47. The molecule has 8 heteroatoms. The van der Waals surface area contributed by atoms with E-state index in [0.717, 1.165) is 28.7 Å². The van der Waals surface area contributed by atoms with Crippen molar-refractivity contribution in [2.45, 2.75) is 18.8 Å². The van der Waals surface area contributed by atoms with Crippen molar-refractivity contribution >= 4 is 23.6 Å². The van der Waals surface area contributed by atoms with Crippen molar-refractivity contribution in [2.24, 2.45) is 4.99 Å². The molecular weight excluding hydrogens is 442 g/mol. The van der Waals surface area contributed by atoms with E-state index in [1.165, 1.54) is 4.90 Å². The predicted molar refractivity (Wildman–Crippen MR) is 132 cm³/mol. The largest absolute Gasteiger partial charge is 0.457 e. The molecule has 6 rings (SSSR count). The van der Waals surface area contributed by atoms with Gasteiger partial charge in [0.15, 0.2) is 12.2 Å². The van der Waals surface area contributed by atoms with Gasteiger partial charge in [0.2, 0.25) is 5.96 Å². The van der Waals surface area contributed by atoms with E-state index in [0.29, 0.717) is 13.1 Å². The first kappa shape index (κ1) is 21.2. The summed E-state index contributed by atoms with van der Waals surface area (Å²) in [6, 6.07) is 26.2. The van der Waals surface area contributed by atoms with Crippen LogP contribution < -0.4 is 9.64 Å². The zero-order valence-electron chi connectivity index (χ0n) is 19.3. The standard InChI is InChI=1S/C27H25N5O3/c1-29-24-23(25(33)32(27(29)34)18-19-8-4-2-5-9-19)31-17-16-30(26(31)28-24)20-12-14-22(15-13-20)35-21-10-6-3-7-11-21/h2-15,23-24H,16-18H2,1H3. The maximum atomic E-state index is 13.5. The van der Waals surface area contributed by atoms with E-state index in [-0.39, 0.29) is 18.5 Å². The van der Waals surface area contributed by atoms with Gasteiger partial charge >= 0.3 is 6.03 Å². The molecule has 0 radical (unpaired) electrons. The quantitative estimate of drug-likeness (QED) is 0.572. The minimum atomic E-state index is -0.527. The second-order valence-corrected chi connectivity index (χ2v) is 8.85. The first-order valence-electron chi connectivity index (χ1n) is 11.7. The minimum absolute atomic E-state index is 0.200. The van der Waals surface area contributed by atoms with E-state index in [4.69, 9.17) is 9.73 Å². The Hall–Kier alpha value is -4.33. The van der Waals surface area contributed by atoms with Crippen LogP contribution in [0, 0.1) is 0 Å². The number of aliphatic imine (C=N–C) groups is 1. The van der Waals surface area contributed by atoms with Crippen molar-refractivity contribution in [1.82, 2.24) is 14.7 Å². The second kappa shape index (κ2) is 8.47. The number of anilines is 1. The van der Waals surface area contributed by atoms with Crippen LogP contribution in [0.2, 0.25) is 0 Å². The number of carbonyl (C=O) groups excluding carboxylic acids is 2. The van der Waals surface area contributed by atoms with Crippen molar-refractivity contribution in [3.63, 3.8) is 0 Å².